The fourth-order valence-electron chi connectivity index (χ4n) is 6.08. The van der Waals surface area contributed by atoms with Crippen molar-refractivity contribution in [2.24, 2.45) is 0 Å². The average molecular weight is 895 g/mol. The molecule has 62 heavy (non-hydrogen) atoms. The van der Waals surface area contributed by atoms with Crippen LogP contribution in [0.1, 0.15) is 168 Å². The first-order valence-corrected chi connectivity index (χ1v) is 25.4. The highest BCUT2D eigenvalue weighted by molar-refractivity contribution is 7.47. The highest BCUT2D eigenvalue weighted by atomic mass is 31.2. The Morgan fingerprint density at radius 3 is 1.66 bits per heavy atom. The Kier molecular flexibility index (Phi) is 39.4. The van der Waals surface area contributed by atoms with E-state index in [-0.39, 0.29) is 26.1 Å². The van der Waals surface area contributed by atoms with E-state index in [1.807, 2.05) is 51.5 Å². The number of quaternary nitrogens is 1. The summed E-state index contributed by atoms with van der Waals surface area (Å²) in [5.74, 6) is -1.04. The number of esters is 2. The third kappa shape index (κ3) is 44.0. The minimum absolute atomic E-state index is 0.0116. The van der Waals surface area contributed by atoms with Crippen LogP contribution in [0.3, 0.4) is 0 Å². The summed E-state index contributed by atoms with van der Waals surface area (Å²) in [7, 11) is 1.32. The molecule has 0 aromatic carbocycles. The van der Waals surface area contributed by atoms with E-state index in [9.17, 15) is 29.3 Å². The molecule has 0 radical (unpaired) electrons. The summed E-state index contributed by atoms with van der Waals surface area (Å²) in [6.45, 7) is 4.02. The van der Waals surface area contributed by atoms with Crippen LogP contribution in [0.25, 0.3) is 0 Å². The quantitative estimate of drug-likeness (QED) is 0.0135. The van der Waals surface area contributed by atoms with Gasteiger partial charge in [0.15, 0.2) is 6.10 Å². The van der Waals surface area contributed by atoms with Crippen molar-refractivity contribution in [3.63, 3.8) is 0 Å². The van der Waals surface area contributed by atoms with E-state index in [0.29, 0.717) is 36.7 Å². The average Bonchev–Trinajstić information content (AvgIpc) is 3.21. The van der Waals surface area contributed by atoms with Gasteiger partial charge in [0.2, 0.25) is 0 Å². The standard InChI is InChI=1S/C50H88NO10P/c1-6-8-10-11-12-13-14-15-16-17-18-19-20-21-22-23-27-30-34-40-49(54)58-44-48(45-60-62(56,57)59-43-42-51(3,4)5)61-50(55)41-35-39-47(53)38-33-29-26-24-25-28-32-37-46(52)36-31-9-7-2/h12-13,15-16,25-26,28-29,32-33,37-38,46-48,52-53H,6-11,14,17-24,27,30-31,34-36,39-45H2,1-5H3/p+1/b13-12-,16-15-,28-25-,29-26-,37-32+,38-33+/t46-,47-,48-/m1/s1. The third-order valence-corrected chi connectivity index (χ3v) is 10.9. The molecule has 0 aliphatic heterocycles. The first-order chi connectivity index (χ1) is 29.8. The van der Waals surface area contributed by atoms with Crippen molar-refractivity contribution >= 4 is 19.8 Å². The van der Waals surface area contributed by atoms with Crippen molar-refractivity contribution in [1.82, 2.24) is 0 Å². The van der Waals surface area contributed by atoms with Crippen LogP contribution in [0.5, 0.6) is 0 Å². The molecule has 3 N–H and O–H groups in total. The zero-order valence-corrected chi connectivity index (χ0v) is 40.4. The summed E-state index contributed by atoms with van der Waals surface area (Å²) in [4.78, 5) is 35.5. The van der Waals surface area contributed by atoms with Gasteiger partial charge in [-0.3, -0.25) is 18.6 Å². The number of aliphatic hydroxyl groups excluding tert-OH is 2. The zero-order valence-electron chi connectivity index (χ0n) is 39.6. The minimum atomic E-state index is -4.45. The number of allylic oxidation sites excluding steroid dienone is 10. The SMILES string of the molecule is CCCCC/C=C\C/C=C\CCCCCCCCCCCC(=O)OC[C@H](COP(=O)(O)OCC[N+](C)(C)C)OC(=O)CCC[C@H](O)/C=C/C=C\C/C=C\C=C\[C@H](O)CCCCC. The lowest BCUT2D eigenvalue weighted by atomic mass is 10.1. The van der Waals surface area contributed by atoms with E-state index < -0.39 is 44.7 Å². The number of phosphoric acid groups is 1. The molecule has 0 aliphatic rings. The third-order valence-electron chi connectivity index (χ3n) is 9.92. The minimum Gasteiger partial charge on any atom is -0.462 e. The van der Waals surface area contributed by atoms with Gasteiger partial charge in [-0.1, -0.05) is 164 Å². The van der Waals surface area contributed by atoms with E-state index in [2.05, 4.69) is 38.2 Å². The Morgan fingerprint density at radius 1 is 0.581 bits per heavy atom. The topological polar surface area (TPSA) is 149 Å². The molecular weight excluding hydrogens is 806 g/mol. The lowest BCUT2D eigenvalue weighted by molar-refractivity contribution is -0.870. The van der Waals surface area contributed by atoms with Gasteiger partial charge in [0.25, 0.3) is 0 Å². The van der Waals surface area contributed by atoms with Crippen molar-refractivity contribution in [2.75, 3.05) is 47.5 Å². The van der Waals surface area contributed by atoms with Gasteiger partial charge in [0, 0.05) is 12.8 Å². The number of carbonyl (C=O) groups excluding carboxylic acids is 2. The summed E-state index contributed by atoms with van der Waals surface area (Å²) < 4.78 is 34.2. The maximum absolute atomic E-state index is 12.7. The van der Waals surface area contributed by atoms with Crippen molar-refractivity contribution in [3.8, 4) is 0 Å². The van der Waals surface area contributed by atoms with Crippen LogP contribution < -0.4 is 0 Å². The molecule has 11 nitrogen and oxygen atoms in total. The monoisotopic (exact) mass is 895 g/mol. The van der Waals surface area contributed by atoms with Crippen LogP contribution in [0.15, 0.2) is 72.9 Å². The molecule has 12 heteroatoms. The van der Waals surface area contributed by atoms with Crippen LogP contribution in [0.2, 0.25) is 0 Å². The zero-order chi connectivity index (χ0) is 46.0. The number of ether oxygens (including phenoxy) is 2. The lowest BCUT2D eigenvalue weighted by Gasteiger charge is -2.24. The predicted octanol–water partition coefficient (Wildman–Crippen LogP) is 11.7. The Balaban J connectivity index is 4.54. The Bertz CT molecular complexity index is 1320. The first-order valence-electron chi connectivity index (χ1n) is 23.9. The van der Waals surface area contributed by atoms with E-state index in [1.54, 1.807) is 18.2 Å². The van der Waals surface area contributed by atoms with Gasteiger partial charge in [-0.05, 0) is 64.2 Å². The van der Waals surface area contributed by atoms with E-state index >= 15 is 0 Å². The van der Waals surface area contributed by atoms with Gasteiger partial charge in [0.1, 0.15) is 19.8 Å². The molecular formula is C50H89NO10P+. The molecule has 1 unspecified atom stereocenters. The summed E-state index contributed by atoms with van der Waals surface area (Å²) in [6.07, 6.45) is 44.4. The summed E-state index contributed by atoms with van der Waals surface area (Å²) in [6, 6.07) is 0. The number of rotatable bonds is 42. The number of aliphatic hydroxyl groups is 2. The van der Waals surface area contributed by atoms with Crippen molar-refractivity contribution in [3.05, 3.63) is 72.9 Å². The molecule has 0 heterocycles. The molecule has 0 bridgehead atoms. The molecule has 0 fully saturated rings. The summed E-state index contributed by atoms with van der Waals surface area (Å²) in [5, 5.41) is 20.3. The Hall–Kier alpha value is -2.63. The van der Waals surface area contributed by atoms with Crippen LogP contribution in [-0.4, -0.2) is 97.3 Å². The van der Waals surface area contributed by atoms with Gasteiger partial charge in [-0.2, -0.15) is 0 Å². The first kappa shape index (κ1) is 59.4. The van der Waals surface area contributed by atoms with E-state index in [0.717, 1.165) is 57.8 Å². The molecule has 0 saturated carbocycles. The fraction of sp³-hybridized carbons (Fsp3) is 0.720. The van der Waals surface area contributed by atoms with E-state index in [1.165, 1.54) is 57.8 Å². The molecule has 0 aromatic rings. The predicted molar refractivity (Wildman–Crippen MR) is 254 cm³/mol. The Morgan fingerprint density at radius 2 is 1.08 bits per heavy atom. The lowest BCUT2D eigenvalue weighted by Crippen LogP contribution is -2.37. The molecule has 0 aromatic heterocycles. The van der Waals surface area contributed by atoms with Crippen LogP contribution in [0.4, 0.5) is 0 Å². The van der Waals surface area contributed by atoms with Gasteiger partial charge in [-0.25, -0.2) is 4.57 Å². The van der Waals surface area contributed by atoms with E-state index in [4.69, 9.17) is 18.5 Å². The number of nitrogens with zero attached hydrogens (tertiary/aromatic N) is 1. The molecule has 0 saturated heterocycles. The highest BCUT2D eigenvalue weighted by Crippen LogP contribution is 2.43. The van der Waals surface area contributed by atoms with Crippen LogP contribution >= 0.6 is 7.82 Å². The molecule has 0 aliphatic carbocycles. The van der Waals surface area contributed by atoms with Crippen LogP contribution in [-0.2, 0) is 32.7 Å². The number of likely N-dealkylation sites (N-methyl/N-ethyl adjacent to an activating group) is 1. The molecule has 0 rings (SSSR count). The second kappa shape index (κ2) is 41.1. The Labute approximate surface area is 377 Å². The van der Waals surface area contributed by atoms with Crippen molar-refractivity contribution in [2.45, 2.75) is 186 Å². The number of unbranched alkanes of at least 4 members (excludes halogenated alkanes) is 14. The van der Waals surface area contributed by atoms with Crippen molar-refractivity contribution in [1.29, 1.82) is 0 Å². The van der Waals surface area contributed by atoms with Gasteiger partial charge < -0.3 is 29.1 Å². The number of carbonyl (C=O) groups is 2. The number of hydrogen-bond donors (Lipinski definition) is 3. The highest BCUT2D eigenvalue weighted by Gasteiger charge is 2.27. The molecule has 4 atom stereocenters. The normalized spacial score (nSPS) is 15.2. The summed E-state index contributed by atoms with van der Waals surface area (Å²) >= 11 is 0. The second-order valence-corrected chi connectivity index (χ2v) is 18.6. The van der Waals surface area contributed by atoms with Gasteiger partial charge in [0.05, 0.1) is 40.0 Å². The number of hydrogen-bond acceptors (Lipinski definition) is 9. The molecule has 0 spiro atoms. The molecule has 358 valence electrons. The maximum Gasteiger partial charge on any atom is 0.472 e. The van der Waals surface area contributed by atoms with Crippen molar-refractivity contribution < 1.29 is 52.3 Å². The second-order valence-electron chi connectivity index (χ2n) is 17.2. The maximum atomic E-state index is 12.7. The van der Waals surface area contributed by atoms with Gasteiger partial charge >= 0.3 is 19.8 Å². The largest absolute Gasteiger partial charge is 0.472 e. The molecule has 0 amide bonds. The smallest absolute Gasteiger partial charge is 0.462 e. The summed E-state index contributed by atoms with van der Waals surface area (Å²) in [5.41, 5.74) is 0. The number of phosphoric ester groups is 1. The fourth-order valence-corrected chi connectivity index (χ4v) is 6.82. The van der Waals surface area contributed by atoms with Crippen LogP contribution in [0, 0.1) is 0 Å². The van der Waals surface area contributed by atoms with Gasteiger partial charge in [-0.15, -0.1) is 0 Å².